The summed E-state index contributed by atoms with van der Waals surface area (Å²) in [5, 5.41) is 35.3. The number of carboxylic acids is 1. The minimum Gasteiger partial charge on any atom is -0.507 e. The third-order valence-electron chi connectivity index (χ3n) is 5.25. The zero-order valence-corrected chi connectivity index (χ0v) is 21.8. The largest absolute Gasteiger partial charge is 1.00 e. The van der Waals surface area contributed by atoms with Crippen LogP contribution in [0.15, 0.2) is 99.3 Å². The molecule has 9 nitrogen and oxygen atoms in total. The van der Waals surface area contributed by atoms with E-state index in [0.717, 1.165) is 16.7 Å². The van der Waals surface area contributed by atoms with Crippen molar-refractivity contribution in [2.24, 2.45) is 20.5 Å². The predicted molar refractivity (Wildman–Crippen MR) is 135 cm³/mol. The van der Waals surface area contributed by atoms with Gasteiger partial charge in [-0.05, 0) is 78.2 Å². The first kappa shape index (κ1) is 26.6. The minimum atomic E-state index is -1.24. The van der Waals surface area contributed by atoms with Gasteiger partial charge in [0.1, 0.15) is 17.0 Å². The fraction of sp³-hybridized carbons (Fsp3) is 0.0385. The first-order valence-electron chi connectivity index (χ1n) is 10.6. The topological polar surface area (TPSA) is 159 Å². The molecule has 0 saturated heterocycles. The number of hydrogen-bond acceptors (Lipinski definition) is 8. The van der Waals surface area contributed by atoms with Gasteiger partial charge in [-0.15, -0.1) is 5.11 Å². The summed E-state index contributed by atoms with van der Waals surface area (Å²) in [4.78, 5) is 11.1. The van der Waals surface area contributed by atoms with Gasteiger partial charge in [0.05, 0.1) is 22.7 Å². The summed E-state index contributed by atoms with van der Waals surface area (Å²) in [5.41, 5.74) is 17.7. The molecule has 4 aromatic rings. The summed E-state index contributed by atoms with van der Waals surface area (Å²) in [7, 11) is 0. The van der Waals surface area contributed by atoms with Crippen molar-refractivity contribution >= 4 is 40.1 Å². The fourth-order valence-electron chi connectivity index (χ4n) is 3.24. The Labute approximate surface area is 229 Å². The van der Waals surface area contributed by atoms with Crippen molar-refractivity contribution in [2.45, 2.75) is 6.92 Å². The summed E-state index contributed by atoms with van der Waals surface area (Å²) in [5.74, 6) is -1.56. The number of benzene rings is 4. The van der Waals surface area contributed by atoms with Crippen molar-refractivity contribution in [3.8, 4) is 16.9 Å². The summed E-state index contributed by atoms with van der Waals surface area (Å²) >= 11 is 0. The van der Waals surface area contributed by atoms with Crippen LogP contribution in [0.1, 0.15) is 15.9 Å². The molecule has 10 heteroatoms. The summed E-state index contributed by atoms with van der Waals surface area (Å²) in [6, 6.07) is 22.5. The van der Waals surface area contributed by atoms with Crippen LogP contribution >= 0.6 is 0 Å². The molecule has 4 aromatic carbocycles. The molecule has 0 aliphatic rings. The molecule has 0 radical (unpaired) electrons. The number of aryl methyl sites for hydroxylation is 1. The van der Waals surface area contributed by atoms with Gasteiger partial charge in [-0.3, -0.25) is 0 Å². The van der Waals surface area contributed by atoms with E-state index in [2.05, 4.69) is 20.5 Å². The number of hydrogen-bond donors (Lipinski definition) is 4. The molecule has 0 fully saturated rings. The second-order valence-corrected chi connectivity index (χ2v) is 7.77. The SMILES string of the molecule is Cc1cc(N=Nc2ccc(-c3ccc(N=Nc4ccc(O)c(C(=O)O)c4)cc3)cc2)c(N)cc1N.[Na+]. The van der Waals surface area contributed by atoms with Gasteiger partial charge in [0.25, 0.3) is 0 Å². The molecule has 174 valence electrons. The third-order valence-corrected chi connectivity index (χ3v) is 5.25. The first-order chi connectivity index (χ1) is 16.8. The molecule has 0 unspecified atom stereocenters. The van der Waals surface area contributed by atoms with Crippen LogP contribution in [-0.4, -0.2) is 16.2 Å². The van der Waals surface area contributed by atoms with Crippen molar-refractivity contribution in [2.75, 3.05) is 11.5 Å². The smallest absolute Gasteiger partial charge is 0.507 e. The molecule has 0 heterocycles. The van der Waals surface area contributed by atoms with E-state index < -0.39 is 5.97 Å². The van der Waals surface area contributed by atoms with Crippen molar-refractivity contribution in [1.82, 2.24) is 0 Å². The van der Waals surface area contributed by atoms with Gasteiger partial charge in [0.15, 0.2) is 0 Å². The first-order valence-corrected chi connectivity index (χ1v) is 10.6. The standard InChI is InChI=1S/C26H22N6O3.Na/c1-15-12-24(23(28)14-22(15)27)32-30-19-8-4-17(5-9-19)16-2-6-18(7-3-16)29-31-20-10-11-25(33)21(13-20)26(34)35;/h2-14,33H,27-28H2,1H3,(H,34,35);/q;+1. The third kappa shape index (κ3) is 6.33. The Hall–Kier alpha value is -4.05. The molecular formula is C26H22N6NaO3+. The van der Waals surface area contributed by atoms with E-state index in [4.69, 9.17) is 16.6 Å². The van der Waals surface area contributed by atoms with Crippen LogP contribution in [0.5, 0.6) is 5.75 Å². The van der Waals surface area contributed by atoms with E-state index in [1.54, 1.807) is 24.3 Å². The molecule has 0 aliphatic carbocycles. The van der Waals surface area contributed by atoms with Crippen molar-refractivity contribution in [1.29, 1.82) is 0 Å². The van der Waals surface area contributed by atoms with E-state index in [9.17, 15) is 9.90 Å². The molecule has 0 aliphatic heterocycles. The van der Waals surface area contributed by atoms with Gasteiger partial charge in [-0.2, -0.15) is 15.3 Å². The van der Waals surface area contributed by atoms with Gasteiger partial charge in [0, 0.05) is 5.69 Å². The van der Waals surface area contributed by atoms with Crippen LogP contribution in [0.25, 0.3) is 11.1 Å². The summed E-state index contributed by atoms with van der Waals surface area (Å²) in [6.45, 7) is 1.89. The number of nitrogens with zero attached hydrogens (tertiary/aromatic N) is 4. The normalized spacial score (nSPS) is 11.0. The Balaban J connectivity index is 0.00000361. The van der Waals surface area contributed by atoms with Gasteiger partial charge < -0.3 is 21.7 Å². The van der Waals surface area contributed by atoms with E-state index in [0.29, 0.717) is 34.1 Å². The van der Waals surface area contributed by atoms with E-state index in [1.165, 1.54) is 18.2 Å². The minimum absolute atomic E-state index is 0. The van der Waals surface area contributed by atoms with Crippen LogP contribution in [0.2, 0.25) is 0 Å². The average molecular weight is 489 g/mol. The van der Waals surface area contributed by atoms with Crippen LogP contribution in [0.3, 0.4) is 0 Å². The maximum atomic E-state index is 11.1. The van der Waals surface area contributed by atoms with Crippen LogP contribution in [-0.2, 0) is 0 Å². The van der Waals surface area contributed by atoms with Crippen molar-refractivity contribution in [3.05, 3.63) is 90.0 Å². The van der Waals surface area contributed by atoms with Crippen LogP contribution in [0, 0.1) is 6.92 Å². The van der Waals surface area contributed by atoms with E-state index in [1.807, 2.05) is 43.3 Å². The second-order valence-electron chi connectivity index (χ2n) is 7.77. The van der Waals surface area contributed by atoms with Gasteiger partial charge in [-0.25, -0.2) is 4.79 Å². The molecule has 0 aromatic heterocycles. The number of aromatic hydroxyl groups is 1. The van der Waals surface area contributed by atoms with Crippen molar-refractivity contribution in [3.63, 3.8) is 0 Å². The number of anilines is 2. The molecule has 36 heavy (non-hydrogen) atoms. The van der Waals surface area contributed by atoms with Crippen LogP contribution < -0.4 is 41.0 Å². The maximum Gasteiger partial charge on any atom is 1.00 e. The van der Waals surface area contributed by atoms with Gasteiger partial charge in [0.2, 0.25) is 0 Å². The molecule has 6 N–H and O–H groups in total. The molecule has 0 spiro atoms. The zero-order valence-electron chi connectivity index (χ0n) is 19.8. The van der Waals surface area contributed by atoms with Crippen LogP contribution in [0.4, 0.5) is 34.1 Å². The Morgan fingerprint density at radius 3 is 1.75 bits per heavy atom. The molecule has 0 saturated carbocycles. The number of carboxylic acid groups (broad SMARTS) is 1. The Morgan fingerprint density at radius 2 is 1.19 bits per heavy atom. The molecule has 0 atom stereocenters. The number of nitrogen functional groups attached to an aromatic ring is 2. The number of phenols is 1. The predicted octanol–water partition coefficient (Wildman–Crippen LogP) is 4.07. The quantitative estimate of drug-likeness (QED) is 0.182. The zero-order chi connectivity index (χ0) is 24.9. The van der Waals surface area contributed by atoms with Gasteiger partial charge >= 0.3 is 35.5 Å². The van der Waals surface area contributed by atoms with E-state index in [-0.39, 0.29) is 40.9 Å². The molecule has 4 rings (SSSR count). The summed E-state index contributed by atoms with van der Waals surface area (Å²) < 4.78 is 0. The number of nitrogens with two attached hydrogens (primary N) is 2. The average Bonchev–Trinajstić information content (AvgIpc) is 2.85. The number of carbonyl (C=O) groups is 1. The number of aromatic carboxylic acids is 1. The number of azo groups is 2. The van der Waals surface area contributed by atoms with E-state index >= 15 is 0 Å². The monoisotopic (exact) mass is 489 g/mol. The van der Waals surface area contributed by atoms with Crippen molar-refractivity contribution < 1.29 is 44.6 Å². The molecular weight excluding hydrogens is 467 g/mol. The fourth-order valence-corrected chi connectivity index (χ4v) is 3.24. The molecule has 0 bridgehead atoms. The Morgan fingerprint density at radius 1 is 0.694 bits per heavy atom. The second kappa shape index (κ2) is 11.6. The molecule has 0 amide bonds. The maximum absolute atomic E-state index is 11.1. The number of rotatable bonds is 6. The Bertz CT molecular complexity index is 1450. The van der Waals surface area contributed by atoms with Gasteiger partial charge in [-0.1, -0.05) is 24.3 Å². The Kier molecular flexibility index (Phi) is 8.55. The summed E-state index contributed by atoms with van der Waals surface area (Å²) in [6.07, 6.45) is 0.